The molecule has 0 radical (unpaired) electrons. The Labute approximate surface area is 137 Å². The largest absolute Gasteiger partial charge is 0.301 e. The highest BCUT2D eigenvalue weighted by atomic mass is 35.5. The number of halogens is 1. The zero-order chi connectivity index (χ0) is 16.3. The monoisotopic (exact) mass is 359 g/mol. The molecule has 1 atom stereocenters. The summed E-state index contributed by atoms with van der Waals surface area (Å²) in [6, 6.07) is 4.75. The molecule has 0 fully saturated rings. The first-order valence-electron chi connectivity index (χ1n) is 6.29. The third-order valence-electron chi connectivity index (χ3n) is 2.70. The molecule has 0 aliphatic heterocycles. The van der Waals surface area contributed by atoms with E-state index >= 15 is 0 Å². The van der Waals surface area contributed by atoms with Gasteiger partial charge in [-0.05, 0) is 38.1 Å². The molecule has 1 aromatic heterocycles. The standard InChI is InChI=1S/C13H14ClN3O3S2/c1-8-7-21-13(15-8)16-12(18)9(2)17-22(19,20)11-5-3-10(14)4-6-11/h3-7,9,17H,1-2H3,(H,15,16,18)/t9-/m0/s1. The molecular weight excluding hydrogens is 346 g/mol. The van der Waals surface area contributed by atoms with Crippen LogP contribution in [0.25, 0.3) is 0 Å². The number of sulfonamides is 1. The molecule has 0 spiro atoms. The quantitative estimate of drug-likeness (QED) is 0.858. The lowest BCUT2D eigenvalue weighted by molar-refractivity contribution is -0.117. The number of amides is 1. The van der Waals surface area contributed by atoms with Crippen molar-refractivity contribution in [2.24, 2.45) is 0 Å². The lowest BCUT2D eigenvalue weighted by Gasteiger charge is -2.13. The minimum absolute atomic E-state index is 0.0432. The molecule has 9 heteroatoms. The number of nitrogens with one attached hydrogen (secondary N) is 2. The summed E-state index contributed by atoms with van der Waals surface area (Å²) in [5.41, 5.74) is 0.787. The third kappa shape index (κ3) is 4.26. The molecule has 22 heavy (non-hydrogen) atoms. The van der Waals surface area contributed by atoms with Gasteiger partial charge in [-0.1, -0.05) is 11.6 Å². The van der Waals surface area contributed by atoms with Crippen LogP contribution in [-0.4, -0.2) is 25.4 Å². The summed E-state index contributed by atoms with van der Waals surface area (Å²) in [7, 11) is -3.79. The van der Waals surface area contributed by atoms with E-state index in [1.165, 1.54) is 42.5 Å². The Bertz CT molecular complexity index is 772. The maximum absolute atomic E-state index is 12.2. The topological polar surface area (TPSA) is 88.2 Å². The fourth-order valence-corrected chi connectivity index (χ4v) is 3.61. The predicted molar refractivity (Wildman–Crippen MR) is 86.7 cm³/mol. The van der Waals surface area contributed by atoms with Crippen LogP contribution in [0.1, 0.15) is 12.6 Å². The van der Waals surface area contributed by atoms with E-state index in [1.54, 1.807) is 12.3 Å². The van der Waals surface area contributed by atoms with Gasteiger partial charge in [-0.15, -0.1) is 11.3 Å². The first-order chi connectivity index (χ1) is 10.3. The van der Waals surface area contributed by atoms with Gasteiger partial charge in [0, 0.05) is 10.4 Å². The summed E-state index contributed by atoms with van der Waals surface area (Å²) in [5.74, 6) is -0.480. The van der Waals surface area contributed by atoms with Crippen molar-refractivity contribution in [2.45, 2.75) is 24.8 Å². The number of rotatable bonds is 5. The molecule has 6 nitrogen and oxygen atoms in total. The normalized spacial score (nSPS) is 12.9. The first-order valence-corrected chi connectivity index (χ1v) is 9.03. The third-order valence-corrected chi connectivity index (χ3v) is 5.38. The Morgan fingerprint density at radius 3 is 2.50 bits per heavy atom. The number of aryl methyl sites for hydroxylation is 1. The van der Waals surface area contributed by atoms with Gasteiger partial charge < -0.3 is 5.32 Å². The highest BCUT2D eigenvalue weighted by Crippen LogP contribution is 2.16. The Morgan fingerprint density at radius 2 is 1.95 bits per heavy atom. The van der Waals surface area contributed by atoms with Gasteiger partial charge in [-0.25, -0.2) is 13.4 Å². The van der Waals surface area contributed by atoms with Crippen molar-refractivity contribution in [1.29, 1.82) is 0 Å². The van der Waals surface area contributed by atoms with E-state index in [1.807, 2.05) is 0 Å². The summed E-state index contributed by atoms with van der Waals surface area (Å²) < 4.78 is 26.6. The molecule has 2 rings (SSSR count). The van der Waals surface area contributed by atoms with Gasteiger partial charge in [-0.2, -0.15) is 4.72 Å². The van der Waals surface area contributed by atoms with E-state index in [0.29, 0.717) is 10.2 Å². The molecule has 118 valence electrons. The number of thiazole rings is 1. The van der Waals surface area contributed by atoms with Crippen molar-refractivity contribution < 1.29 is 13.2 Å². The Balaban J connectivity index is 2.05. The van der Waals surface area contributed by atoms with Gasteiger partial charge >= 0.3 is 0 Å². The molecule has 1 aromatic carbocycles. The fraction of sp³-hybridized carbons (Fsp3) is 0.231. The van der Waals surface area contributed by atoms with E-state index < -0.39 is 22.0 Å². The number of benzene rings is 1. The van der Waals surface area contributed by atoms with Crippen LogP contribution in [-0.2, 0) is 14.8 Å². The van der Waals surface area contributed by atoms with Crippen molar-refractivity contribution in [3.63, 3.8) is 0 Å². The van der Waals surface area contributed by atoms with Crippen molar-refractivity contribution in [3.05, 3.63) is 40.4 Å². The van der Waals surface area contributed by atoms with E-state index in [4.69, 9.17) is 11.6 Å². The molecule has 0 unspecified atom stereocenters. The average Bonchev–Trinajstić information content (AvgIpc) is 2.84. The van der Waals surface area contributed by atoms with Crippen LogP contribution in [0, 0.1) is 6.92 Å². The molecular formula is C13H14ClN3O3S2. The summed E-state index contributed by atoms with van der Waals surface area (Å²) in [6.45, 7) is 3.27. The van der Waals surface area contributed by atoms with Gasteiger partial charge in [0.1, 0.15) is 0 Å². The second-order valence-corrected chi connectivity index (χ2v) is 7.59. The molecule has 0 aliphatic rings. The van der Waals surface area contributed by atoms with Crippen molar-refractivity contribution in [3.8, 4) is 0 Å². The van der Waals surface area contributed by atoms with Crippen LogP contribution in [0.2, 0.25) is 5.02 Å². The van der Waals surface area contributed by atoms with Crippen molar-refractivity contribution >= 4 is 44.0 Å². The van der Waals surface area contributed by atoms with Crippen LogP contribution in [0.15, 0.2) is 34.5 Å². The van der Waals surface area contributed by atoms with Gasteiger partial charge in [0.25, 0.3) is 0 Å². The highest BCUT2D eigenvalue weighted by Gasteiger charge is 2.22. The Kier molecular flexibility index (Phi) is 5.17. The van der Waals surface area contributed by atoms with Gasteiger partial charge in [-0.3, -0.25) is 4.79 Å². The van der Waals surface area contributed by atoms with Gasteiger partial charge in [0.05, 0.1) is 16.6 Å². The lowest BCUT2D eigenvalue weighted by atomic mass is 10.3. The summed E-state index contributed by atoms with van der Waals surface area (Å²) in [4.78, 5) is 16.1. The van der Waals surface area contributed by atoms with Crippen LogP contribution in [0.4, 0.5) is 5.13 Å². The minimum atomic E-state index is -3.79. The van der Waals surface area contributed by atoms with Crippen LogP contribution in [0.3, 0.4) is 0 Å². The molecule has 1 amide bonds. The molecule has 2 N–H and O–H groups in total. The maximum atomic E-state index is 12.2. The van der Waals surface area contributed by atoms with E-state index in [2.05, 4.69) is 15.0 Å². The number of hydrogen-bond donors (Lipinski definition) is 2. The van der Waals surface area contributed by atoms with Crippen LogP contribution in [0.5, 0.6) is 0 Å². The summed E-state index contributed by atoms with van der Waals surface area (Å²) in [5, 5.41) is 5.22. The number of aromatic nitrogens is 1. The second-order valence-electron chi connectivity index (χ2n) is 4.58. The number of carbonyl (C=O) groups excluding carboxylic acids is 1. The summed E-state index contributed by atoms with van der Waals surface area (Å²) >= 11 is 7.00. The summed E-state index contributed by atoms with van der Waals surface area (Å²) in [6.07, 6.45) is 0. The predicted octanol–water partition coefficient (Wildman–Crippen LogP) is 2.41. The Morgan fingerprint density at radius 1 is 1.32 bits per heavy atom. The van der Waals surface area contributed by atoms with Gasteiger partial charge in [0.15, 0.2) is 5.13 Å². The molecule has 0 aliphatic carbocycles. The average molecular weight is 360 g/mol. The zero-order valence-electron chi connectivity index (χ0n) is 11.8. The second kappa shape index (κ2) is 6.74. The molecule has 0 saturated carbocycles. The Hall–Kier alpha value is -1.48. The van der Waals surface area contributed by atoms with Crippen molar-refractivity contribution in [1.82, 2.24) is 9.71 Å². The smallest absolute Gasteiger partial charge is 0.244 e. The number of carbonyl (C=O) groups is 1. The number of hydrogen-bond acceptors (Lipinski definition) is 5. The highest BCUT2D eigenvalue weighted by molar-refractivity contribution is 7.89. The van der Waals surface area contributed by atoms with Crippen LogP contribution >= 0.6 is 22.9 Å². The first kappa shape index (κ1) is 16.9. The van der Waals surface area contributed by atoms with Gasteiger partial charge in [0.2, 0.25) is 15.9 Å². The molecule has 1 heterocycles. The van der Waals surface area contributed by atoms with E-state index in [0.717, 1.165) is 5.69 Å². The maximum Gasteiger partial charge on any atom is 0.244 e. The molecule has 0 bridgehead atoms. The zero-order valence-corrected chi connectivity index (χ0v) is 14.2. The SMILES string of the molecule is Cc1csc(NC(=O)[C@H](C)NS(=O)(=O)c2ccc(Cl)cc2)n1. The fourth-order valence-electron chi connectivity index (χ4n) is 1.59. The molecule has 2 aromatic rings. The molecule has 0 saturated heterocycles. The van der Waals surface area contributed by atoms with Crippen molar-refractivity contribution in [2.75, 3.05) is 5.32 Å². The number of nitrogens with zero attached hydrogens (tertiary/aromatic N) is 1. The number of anilines is 1. The minimum Gasteiger partial charge on any atom is -0.301 e. The van der Waals surface area contributed by atoms with E-state index in [9.17, 15) is 13.2 Å². The van der Waals surface area contributed by atoms with Crippen LogP contribution < -0.4 is 10.0 Å². The van der Waals surface area contributed by atoms with E-state index in [-0.39, 0.29) is 4.90 Å². The lowest BCUT2D eigenvalue weighted by Crippen LogP contribution is -2.41.